The summed E-state index contributed by atoms with van der Waals surface area (Å²) in [5.74, 6) is 0.160. The summed E-state index contributed by atoms with van der Waals surface area (Å²) in [5, 5.41) is 0.513. The summed E-state index contributed by atoms with van der Waals surface area (Å²) < 4.78 is 98.6. The van der Waals surface area contributed by atoms with Gasteiger partial charge in [0, 0.05) is 78.7 Å². The topological polar surface area (TPSA) is 38.5 Å². The SMILES string of the molecule is [2H]c1cc(Oc2[c-]c3c(cc2)c2c([2H])c([2H])c([2H])c([2H])c2n3-c2nc3ccccc3n2C([2H])([2H])[2H])[c-]c(N2[CH-]N(c3c(-c4ccccc4)c([2H])c(C(C)(C)C)c([2H])c3-c3ccccc3)c3ccccc32)c1.[Pt]. The molecule has 6 nitrogen and oxygen atoms in total. The molecule has 1 aliphatic rings. The Hall–Kier alpha value is -6.88. The van der Waals surface area contributed by atoms with Gasteiger partial charge in [0.2, 0.25) is 5.95 Å². The molecule has 7 heteroatoms. The van der Waals surface area contributed by atoms with E-state index < -0.39 is 24.5 Å². The molecule has 0 amide bonds. The zero-order valence-electron chi connectivity index (χ0n) is 43.7. The zero-order chi connectivity index (χ0) is 49.8. The first-order valence-corrected chi connectivity index (χ1v) is 19.9. The first-order chi connectivity index (χ1) is 33.9. The van der Waals surface area contributed by atoms with Crippen molar-refractivity contribution in [2.75, 3.05) is 9.80 Å². The minimum Gasteiger partial charge on any atom is -0.509 e. The Morgan fingerprint density at radius 1 is 0.645 bits per heavy atom. The largest absolute Gasteiger partial charge is 0.509 e. The van der Waals surface area contributed by atoms with E-state index in [0.29, 0.717) is 44.5 Å². The predicted octanol–water partition coefficient (Wildman–Crippen LogP) is 14.1. The number of ether oxygens (including phenoxy) is 1. The van der Waals surface area contributed by atoms with Crippen LogP contribution in [0.15, 0.2) is 176 Å². The summed E-state index contributed by atoms with van der Waals surface area (Å²) in [6, 6.07) is 46.0. The van der Waals surface area contributed by atoms with Gasteiger partial charge in [0.15, 0.2) is 0 Å². The van der Waals surface area contributed by atoms with Gasteiger partial charge in [-0.1, -0.05) is 129 Å². The smallest absolute Gasteiger partial charge is 0.213 e. The van der Waals surface area contributed by atoms with Gasteiger partial charge in [-0.05, 0) is 69.9 Å². The van der Waals surface area contributed by atoms with Gasteiger partial charge in [-0.2, -0.15) is 12.1 Å². The summed E-state index contributed by atoms with van der Waals surface area (Å²) >= 11 is 0. The summed E-state index contributed by atoms with van der Waals surface area (Å²) in [4.78, 5) is 8.63. The van der Waals surface area contributed by atoms with Crippen molar-refractivity contribution >= 4 is 55.6 Å². The Bertz CT molecular complexity index is 3730. The molecule has 0 radical (unpaired) electrons. The molecule has 306 valence electrons. The van der Waals surface area contributed by atoms with Gasteiger partial charge >= 0.3 is 0 Å². The Morgan fingerprint density at radius 2 is 1.29 bits per heavy atom. The normalized spacial score (nSPS) is 15.1. The number of hydrogen-bond donors (Lipinski definition) is 0. The number of imidazole rings is 1. The maximum atomic E-state index is 9.86. The summed E-state index contributed by atoms with van der Waals surface area (Å²) in [5.41, 5.74) is 6.49. The fourth-order valence-corrected chi connectivity index (χ4v) is 7.99. The van der Waals surface area contributed by atoms with E-state index in [1.54, 1.807) is 42.5 Å². The van der Waals surface area contributed by atoms with E-state index in [1.165, 1.54) is 10.6 Å². The van der Waals surface area contributed by atoms with Crippen molar-refractivity contribution in [2.24, 2.45) is 6.98 Å². The second-order valence-corrected chi connectivity index (χ2v) is 15.9. The predicted molar refractivity (Wildman–Crippen MR) is 250 cm³/mol. The van der Waals surface area contributed by atoms with E-state index in [1.807, 2.05) is 122 Å². The number of anilines is 4. The summed E-state index contributed by atoms with van der Waals surface area (Å²) in [6.45, 7) is 5.22. The maximum absolute atomic E-state index is 9.86. The van der Waals surface area contributed by atoms with E-state index in [-0.39, 0.29) is 85.1 Å². The molecule has 0 saturated heterocycles. The molecular formula is C55H42N5OPt-3. The van der Waals surface area contributed by atoms with E-state index in [4.69, 9.17) is 20.7 Å². The van der Waals surface area contributed by atoms with Crippen LogP contribution in [0.5, 0.6) is 11.5 Å². The fraction of sp³-hybridized carbons (Fsp3) is 0.0909. The van der Waals surface area contributed by atoms with Gasteiger partial charge in [0.05, 0.1) is 19.3 Å². The number of benzene rings is 8. The zero-order valence-corrected chi connectivity index (χ0v) is 36.0. The number of fused-ring (bicyclic) bond motifs is 5. The van der Waals surface area contributed by atoms with Crippen LogP contribution < -0.4 is 14.5 Å². The molecule has 0 N–H and O–H groups in total. The molecule has 0 aliphatic carbocycles. The third-order valence-electron chi connectivity index (χ3n) is 10.9. The number of hydrogen-bond acceptors (Lipinski definition) is 4. The number of aromatic nitrogens is 3. The fourth-order valence-electron chi connectivity index (χ4n) is 7.99. The molecule has 0 fully saturated rings. The number of aryl methyl sites for hydroxylation is 1. The summed E-state index contributed by atoms with van der Waals surface area (Å²) in [6.07, 6.45) is 0. The van der Waals surface area contributed by atoms with Crippen LogP contribution >= 0.6 is 0 Å². The van der Waals surface area contributed by atoms with Crippen LogP contribution in [0.25, 0.3) is 61.0 Å². The Balaban J connectivity index is 0.00000596. The van der Waals surface area contributed by atoms with Crippen LogP contribution in [-0.2, 0) is 33.5 Å². The molecule has 11 rings (SSSR count). The van der Waals surface area contributed by atoms with Gasteiger partial charge in [0.25, 0.3) is 0 Å². The van der Waals surface area contributed by atoms with Crippen LogP contribution in [0, 0.1) is 18.8 Å². The number of para-hydroxylation sites is 5. The van der Waals surface area contributed by atoms with E-state index >= 15 is 0 Å². The van der Waals surface area contributed by atoms with Gasteiger partial charge in [-0.3, -0.25) is 0 Å². The molecule has 1 aliphatic heterocycles. The third-order valence-corrected chi connectivity index (χ3v) is 10.9. The van der Waals surface area contributed by atoms with Crippen molar-refractivity contribution in [1.29, 1.82) is 0 Å². The minimum atomic E-state index is -2.75. The molecule has 0 spiro atoms. The van der Waals surface area contributed by atoms with Crippen LogP contribution in [0.2, 0.25) is 0 Å². The second-order valence-electron chi connectivity index (χ2n) is 15.9. The summed E-state index contributed by atoms with van der Waals surface area (Å²) in [7, 11) is 0. The molecule has 62 heavy (non-hydrogen) atoms. The van der Waals surface area contributed by atoms with E-state index in [0.717, 1.165) is 27.1 Å². The number of rotatable bonds is 7. The van der Waals surface area contributed by atoms with Crippen LogP contribution in [0.1, 0.15) is 40.0 Å². The average molecular weight is 994 g/mol. The van der Waals surface area contributed by atoms with Gasteiger partial charge in [0.1, 0.15) is 0 Å². The van der Waals surface area contributed by atoms with Gasteiger partial charge in [-0.15, -0.1) is 48.1 Å². The molecule has 0 saturated carbocycles. The van der Waals surface area contributed by atoms with Crippen molar-refractivity contribution in [3.63, 3.8) is 0 Å². The molecule has 0 unspecified atom stereocenters. The standard InChI is InChI=1S/C55H42N5O.Pt/c1-55(2,3)39-32-45(37-18-7-5-8-19-37)53(46(33-39)38-20-9-6-10-21-38)59-36-58(50-28-15-16-29-51(50)59)40-22-17-23-41(34-40)61-42-30-31-44-43-24-11-13-26-48(43)60(52(44)35-42)54-56-47-25-12-14-27-49(47)57(54)4;/h5-33,36H,1-4H3;/q-3;/i4D3,11D,13D,17D,24D,26D,32D,33D;. The van der Waals surface area contributed by atoms with Crippen molar-refractivity contribution in [3.05, 3.63) is 200 Å². The molecule has 0 bridgehead atoms. The number of nitrogens with zero attached hydrogens (tertiary/aromatic N) is 5. The quantitative estimate of drug-likeness (QED) is 0.149. The van der Waals surface area contributed by atoms with Crippen molar-refractivity contribution in [2.45, 2.75) is 26.2 Å². The van der Waals surface area contributed by atoms with Crippen LogP contribution in [-0.4, -0.2) is 14.1 Å². The van der Waals surface area contributed by atoms with Crippen molar-refractivity contribution in [3.8, 4) is 39.7 Å². The molecule has 3 heterocycles. The Morgan fingerprint density at radius 3 is 2.00 bits per heavy atom. The Labute approximate surface area is 390 Å². The Kier molecular flexibility index (Phi) is 7.37. The van der Waals surface area contributed by atoms with Crippen molar-refractivity contribution < 1.29 is 39.5 Å². The average Bonchev–Trinajstić information content (AvgIpc) is 4.03. The third kappa shape index (κ3) is 6.67. The maximum Gasteiger partial charge on any atom is 0.213 e. The monoisotopic (exact) mass is 993 g/mol. The van der Waals surface area contributed by atoms with Crippen LogP contribution in [0.3, 0.4) is 0 Å². The molecule has 0 atom stereocenters. The van der Waals surface area contributed by atoms with E-state index in [9.17, 15) is 2.74 Å². The molecule has 2 aromatic heterocycles. The molecule has 10 aromatic rings. The second kappa shape index (κ2) is 15.5. The van der Waals surface area contributed by atoms with E-state index in [2.05, 4.69) is 12.1 Å². The first kappa shape index (κ1) is 29.4. The van der Waals surface area contributed by atoms with Gasteiger partial charge in [-0.25, -0.2) is 4.98 Å². The molecular weight excluding hydrogens is 942 g/mol. The molecule has 8 aromatic carbocycles. The van der Waals surface area contributed by atoms with Crippen molar-refractivity contribution in [1.82, 2.24) is 14.1 Å². The van der Waals surface area contributed by atoms with Crippen LogP contribution in [0.4, 0.5) is 22.7 Å². The minimum absolute atomic E-state index is 0. The first-order valence-electron chi connectivity index (χ1n) is 24.9. The van der Waals surface area contributed by atoms with Gasteiger partial charge < -0.3 is 23.7 Å².